The Labute approximate surface area is 95.1 Å². The number of alkyl halides is 1. The second-order valence-corrected chi connectivity index (χ2v) is 5.06. The molecule has 14 heavy (non-hydrogen) atoms. The number of hydrogen-bond donors (Lipinski definition) is 0. The first-order chi connectivity index (χ1) is 6.74. The largest absolute Gasteiger partial charge is 0.287 e. The lowest BCUT2D eigenvalue weighted by Gasteiger charge is -2.07. The van der Waals surface area contributed by atoms with Crippen LogP contribution in [0.25, 0.3) is 0 Å². The highest BCUT2D eigenvalue weighted by Gasteiger charge is 2.17. The van der Waals surface area contributed by atoms with Gasteiger partial charge in [-0.3, -0.25) is 9.36 Å². The summed E-state index contributed by atoms with van der Waals surface area (Å²) in [6.45, 7) is 2.72. The van der Waals surface area contributed by atoms with Gasteiger partial charge in [0, 0.05) is 28.9 Å². The van der Waals surface area contributed by atoms with Gasteiger partial charge in [0.05, 0.1) is 0 Å². The second kappa shape index (κ2) is 4.06. The van der Waals surface area contributed by atoms with E-state index in [0.717, 1.165) is 40.5 Å². The molecule has 0 amide bonds. The Hall–Kier alpha value is -0.290. The third kappa shape index (κ3) is 1.63. The Kier molecular flexibility index (Phi) is 2.97. The molecule has 0 bridgehead atoms. The lowest BCUT2D eigenvalue weighted by atomic mass is 10.2. The van der Waals surface area contributed by atoms with Crippen molar-refractivity contribution in [3.63, 3.8) is 0 Å². The molecule has 5 heteroatoms. The molecule has 0 saturated carbocycles. The molecule has 0 fully saturated rings. The Morgan fingerprint density at radius 3 is 3.14 bits per heavy atom. The predicted octanol–water partition coefficient (Wildman–Crippen LogP) is 1.59. The molecular formula is C9H11BrN2OS. The van der Waals surface area contributed by atoms with Crippen molar-refractivity contribution in [1.82, 2.24) is 9.55 Å². The van der Waals surface area contributed by atoms with Gasteiger partial charge in [-0.2, -0.15) is 0 Å². The fourth-order valence-corrected chi connectivity index (χ4v) is 2.98. The summed E-state index contributed by atoms with van der Waals surface area (Å²) in [7, 11) is 0. The van der Waals surface area contributed by atoms with Crippen LogP contribution in [0.5, 0.6) is 0 Å². The highest BCUT2D eigenvalue weighted by molar-refractivity contribution is 9.09. The van der Waals surface area contributed by atoms with Crippen LogP contribution >= 0.6 is 27.7 Å². The van der Waals surface area contributed by atoms with Gasteiger partial charge in [-0.15, -0.1) is 0 Å². The van der Waals surface area contributed by atoms with E-state index in [1.807, 2.05) is 6.92 Å². The van der Waals surface area contributed by atoms with Crippen molar-refractivity contribution in [1.29, 1.82) is 0 Å². The Bertz CT molecular complexity index is 416. The van der Waals surface area contributed by atoms with E-state index in [1.165, 1.54) is 0 Å². The molecule has 2 rings (SSSR count). The minimum absolute atomic E-state index is 0.150. The summed E-state index contributed by atoms with van der Waals surface area (Å²) in [4.78, 5) is 16.4. The van der Waals surface area contributed by atoms with Gasteiger partial charge in [0.15, 0.2) is 5.16 Å². The topological polar surface area (TPSA) is 34.9 Å². The highest BCUT2D eigenvalue weighted by Crippen LogP contribution is 2.22. The number of thioether (sulfide) groups is 1. The highest BCUT2D eigenvalue weighted by atomic mass is 79.9. The second-order valence-electron chi connectivity index (χ2n) is 3.20. The standard InChI is InChI=1S/C9H11BrN2OS/c1-6-7(2-3-10)8(13)12-4-5-14-9(12)11-6/h2-5H2,1H3. The van der Waals surface area contributed by atoms with Gasteiger partial charge in [-0.1, -0.05) is 27.7 Å². The molecule has 2 heterocycles. The maximum atomic E-state index is 12.0. The number of aromatic nitrogens is 2. The summed E-state index contributed by atoms with van der Waals surface area (Å²) in [5.74, 6) is 0.972. The van der Waals surface area contributed by atoms with Gasteiger partial charge in [-0.25, -0.2) is 4.98 Å². The van der Waals surface area contributed by atoms with Crippen molar-refractivity contribution in [3.05, 3.63) is 21.6 Å². The van der Waals surface area contributed by atoms with Gasteiger partial charge in [-0.05, 0) is 13.3 Å². The predicted molar refractivity (Wildman–Crippen MR) is 61.5 cm³/mol. The summed E-state index contributed by atoms with van der Waals surface area (Å²) in [6, 6.07) is 0. The van der Waals surface area contributed by atoms with Crippen LogP contribution in [0, 0.1) is 6.92 Å². The maximum Gasteiger partial charge on any atom is 0.257 e. The normalized spacial score (nSPS) is 14.4. The van der Waals surface area contributed by atoms with Crippen molar-refractivity contribution >= 4 is 27.7 Å². The molecular weight excluding hydrogens is 264 g/mol. The molecule has 0 atom stereocenters. The molecule has 0 radical (unpaired) electrons. The summed E-state index contributed by atoms with van der Waals surface area (Å²) in [5.41, 5.74) is 1.89. The molecule has 1 aromatic heterocycles. The minimum atomic E-state index is 0.150. The van der Waals surface area contributed by atoms with E-state index < -0.39 is 0 Å². The quantitative estimate of drug-likeness (QED) is 0.607. The number of fused-ring (bicyclic) bond motifs is 1. The molecule has 0 aliphatic carbocycles. The number of hydrogen-bond acceptors (Lipinski definition) is 3. The lowest BCUT2D eigenvalue weighted by Crippen LogP contribution is -2.25. The van der Waals surface area contributed by atoms with Gasteiger partial charge < -0.3 is 0 Å². The van der Waals surface area contributed by atoms with Crippen LogP contribution in [0.4, 0.5) is 0 Å². The molecule has 3 nitrogen and oxygen atoms in total. The van der Waals surface area contributed by atoms with Gasteiger partial charge in [0.1, 0.15) is 0 Å². The molecule has 1 aliphatic rings. The molecule has 0 N–H and O–H groups in total. The number of nitrogens with zero attached hydrogens (tertiary/aromatic N) is 2. The zero-order chi connectivity index (χ0) is 10.1. The zero-order valence-corrected chi connectivity index (χ0v) is 10.3. The first kappa shape index (κ1) is 10.2. The first-order valence-corrected chi connectivity index (χ1v) is 6.64. The summed E-state index contributed by atoms with van der Waals surface area (Å²) in [5, 5.41) is 1.70. The van der Waals surface area contributed by atoms with Crippen LogP contribution in [0.15, 0.2) is 9.95 Å². The van der Waals surface area contributed by atoms with E-state index in [1.54, 1.807) is 16.3 Å². The Morgan fingerprint density at radius 1 is 1.64 bits per heavy atom. The van der Waals surface area contributed by atoms with Gasteiger partial charge in [0.25, 0.3) is 5.56 Å². The first-order valence-electron chi connectivity index (χ1n) is 4.53. The van der Waals surface area contributed by atoms with Gasteiger partial charge >= 0.3 is 0 Å². The average molecular weight is 275 g/mol. The van der Waals surface area contributed by atoms with Crippen LogP contribution in [-0.2, 0) is 13.0 Å². The van der Waals surface area contributed by atoms with E-state index in [-0.39, 0.29) is 5.56 Å². The molecule has 0 spiro atoms. The number of rotatable bonds is 2. The lowest BCUT2D eigenvalue weighted by molar-refractivity contribution is 0.637. The maximum absolute atomic E-state index is 12.0. The van der Waals surface area contributed by atoms with E-state index in [9.17, 15) is 4.79 Å². The van der Waals surface area contributed by atoms with Crippen molar-refractivity contribution in [2.24, 2.45) is 0 Å². The third-order valence-electron chi connectivity index (χ3n) is 2.32. The Balaban J connectivity index is 2.57. The summed E-state index contributed by atoms with van der Waals surface area (Å²) < 4.78 is 1.79. The van der Waals surface area contributed by atoms with Crippen molar-refractivity contribution < 1.29 is 0 Å². The fourth-order valence-electron chi connectivity index (χ4n) is 1.59. The van der Waals surface area contributed by atoms with Crippen molar-refractivity contribution in [3.8, 4) is 0 Å². The molecule has 1 aliphatic heterocycles. The van der Waals surface area contributed by atoms with Gasteiger partial charge in [0.2, 0.25) is 0 Å². The van der Waals surface area contributed by atoms with Crippen molar-refractivity contribution in [2.45, 2.75) is 25.0 Å². The monoisotopic (exact) mass is 274 g/mol. The van der Waals surface area contributed by atoms with E-state index in [0.29, 0.717) is 0 Å². The van der Waals surface area contributed by atoms with Crippen LogP contribution in [0.3, 0.4) is 0 Å². The fraction of sp³-hybridized carbons (Fsp3) is 0.556. The smallest absolute Gasteiger partial charge is 0.257 e. The van der Waals surface area contributed by atoms with E-state index in [2.05, 4.69) is 20.9 Å². The third-order valence-corrected chi connectivity index (χ3v) is 3.68. The molecule has 0 saturated heterocycles. The Morgan fingerprint density at radius 2 is 2.43 bits per heavy atom. The summed E-state index contributed by atoms with van der Waals surface area (Å²) >= 11 is 5.02. The molecule has 0 unspecified atom stereocenters. The van der Waals surface area contributed by atoms with Crippen LogP contribution in [0.2, 0.25) is 0 Å². The minimum Gasteiger partial charge on any atom is -0.287 e. The number of halogens is 1. The summed E-state index contributed by atoms with van der Waals surface area (Å²) in [6.07, 6.45) is 0.766. The van der Waals surface area contributed by atoms with Crippen molar-refractivity contribution in [2.75, 3.05) is 11.1 Å². The van der Waals surface area contributed by atoms with E-state index in [4.69, 9.17) is 0 Å². The van der Waals surface area contributed by atoms with Crippen LogP contribution < -0.4 is 5.56 Å². The molecule has 1 aromatic rings. The van der Waals surface area contributed by atoms with Crippen LogP contribution in [0.1, 0.15) is 11.3 Å². The average Bonchev–Trinajstić information content (AvgIpc) is 2.60. The van der Waals surface area contributed by atoms with Crippen LogP contribution in [-0.4, -0.2) is 20.6 Å². The van der Waals surface area contributed by atoms with E-state index >= 15 is 0 Å². The zero-order valence-electron chi connectivity index (χ0n) is 7.92. The molecule has 0 aromatic carbocycles. The molecule has 76 valence electrons. The number of aryl methyl sites for hydroxylation is 1. The SMILES string of the molecule is Cc1nc2n(c(=O)c1CCBr)CCS2.